The van der Waals surface area contributed by atoms with Crippen LogP contribution in [0.15, 0.2) is 36.5 Å². The molecular formula is C10H12FN. The summed E-state index contributed by atoms with van der Waals surface area (Å²) >= 11 is 0. The van der Waals surface area contributed by atoms with E-state index in [1.54, 1.807) is 12.1 Å². The fraction of sp³-hybridized carbons (Fsp3) is 0.200. The van der Waals surface area contributed by atoms with Crippen LogP contribution in [0.25, 0.3) is 0 Å². The van der Waals surface area contributed by atoms with Crippen LogP contribution in [0.1, 0.15) is 5.56 Å². The Morgan fingerprint density at radius 2 is 2.00 bits per heavy atom. The molecule has 0 saturated heterocycles. The van der Waals surface area contributed by atoms with Gasteiger partial charge in [-0.2, -0.15) is 0 Å². The summed E-state index contributed by atoms with van der Waals surface area (Å²) in [5.74, 6) is -0.200. The summed E-state index contributed by atoms with van der Waals surface area (Å²) in [6.45, 7) is 3.79. The monoisotopic (exact) mass is 165 g/mol. The minimum absolute atomic E-state index is 0.200. The van der Waals surface area contributed by atoms with Gasteiger partial charge in [0.1, 0.15) is 5.82 Å². The third-order valence-electron chi connectivity index (χ3n) is 1.68. The standard InChI is InChI=1S/C10H12FN/c1-8(12-2)7-9-3-5-10(11)6-4-9/h3-6,12H,1,7H2,2H3. The SMILES string of the molecule is C=C(Cc1ccc(F)cc1)NC. The maximum atomic E-state index is 12.5. The van der Waals surface area contributed by atoms with Crippen LogP contribution in [0.3, 0.4) is 0 Å². The van der Waals surface area contributed by atoms with Crippen LogP contribution in [0.2, 0.25) is 0 Å². The lowest BCUT2D eigenvalue weighted by Crippen LogP contribution is -2.06. The fourth-order valence-electron chi connectivity index (χ4n) is 0.937. The summed E-state index contributed by atoms with van der Waals surface area (Å²) in [7, 11) is 1.83. The molecular weight excluding hydrogens is 153 g/mol. The van der Waals surface area contributed by atoms with Crippen molar-refractivity contribution in [2.75, 3.05) is 7.05 Å². The van der Waals surface area contributed by atoms with Crippen LogP contribution in [-0.2, 0) is 6.42 Å². The Bertz CT molecular complexity index is 264. The molecule has 0 aliphatic heterocycles. The first-order chi connectivity index (χ1) is 5.72. The van der Waals surface area contributed by atoms with Gasteiger partial charge >= 0.3 is 0 Å². The minimum atomic E-state index is -0.200. The highest BCUT2D eigenvalue weighted by atomic mass is 19.1. The molecule has 1 rings (SSSR count). The number of allylic oxidation sites excluding steroid dienone is 1. The van der Waals surface area contributed by atoms with Crippen LogP contribution < -0.4 is 5.32 Å². The highest BCUT2D eigenvalue weighted by molar-refractivity contribution is 5.20. The van der Waals surface area contributed by atoms with E-state index < -0.39 is 0 Å². The third-order valence-corrected chi connectivity index (χ3v) is 1.68. The van der Waals surface area contributed by atoms with Crippen molar-refractivity contribution in [2.24, 2.45) is 0 Å². The molecule has 1 aromatic rings. The molecule has 64 valence electrons. The molecule has 0 unspecified atom stereocenters. The zero-order valence-corrected chi connectivity index (χ0v) is 7.10. The van der Waals surface area contributed by atoms with Gasteiger partial charge in [0.15, 0.2) is 0 Å². The van der Waals surface area contributed by atoms with E-state index in [0.29, 0.717) is 0 Å². The van der Waals surface area contributed by atoms with Crippen LogP contribution in [0, 0.1) is 5.82 Å². The molecule has 0 atom stereocenters. The average Bonchev–Trinajstić information content (AvgIpc) is 2.09. The Morgan fingerprint density at radius 1 is 1.42 bits per heavy atom. The van der Waals surface area contributed by atoms with Crippen molar-refractivity contribution >= 4 is 0 Å². The van der Waals surface area contributed by atoms with Crippen molar-refractivity contribution in [1.29, 1.82) is 0 Å². The first-order valence-corrected chi connectivity index (χ1v) is 3.82. The van der Waals surface area contributed by atoms with Crippen LogP contribution in [0.5, 0.6) is 0 Å². The molecule has 0 radical (unpaired) electrons. The minimum Gasteiger partial charge on any atom is -0.392 e. The van der Waals surface area contributed by atoms with Gasteiger partial charge < -0.3 is 5.32 Å². The maximum Gasteiger partial charge on any atom is 0.123 e. The van der Waals surface area contributed by atoms with E-state index in [-0.39, 0.29) is 5.82 Å². The second kappa shape index (κ2) is 3.90. The van der Waals surface area contributed by atoms with Crippen molar-refractivity contribution in [3.63, 3.8) is 0 Å². The Kier molecular flexibility index (Phi) is 2.86. The zero-order valence-electron chi connectivity index (χ0n) is 7.10. The lowest BCUT2D eigenvalue weighted by Gasteiger charge is -2.03. The summed E-state index contributed by atoms with van der Waals surface area (Å²) in [6, 6.07) is 6.44. The molecule has 1 nitrogen and oxygen atoms in total. The van der Waals surface area contributed by atoms with Crippen molar-refractivity contribution in [3.05, 3.63) is 47.9 Å². The van der Waals surface area contributed by atoms with Crippen LogP contribution in [0.4, 0.5) is 4.39 Å². The number of benzene rings is 1. The van der Waals surface area contributed by atoms with Crippen molar-refractivity contribution in [1.82, 2.24) is 5.32 Å². The fourth-order valence-corrected chi connectivity index (χ4v) is 0.937. The highest BCUT2D eigenvalue weighted by Gasteiger charge is 1.94. The molecule has 0 bridgehead atoms. The van der Waals surface area contributed by atoms with E-state index >= 15 is 0 Å². The average molecular weight is 165 g/mol. The Balaban J connectivity index is 2.64. The lowest BCUT2D eigenvalue weighted by atomic mass is 10.1. The molecule has 2 heteroatoms. The zero-order chi connectivity index (χ0) is 8.97. The van der Waals surface area contributed by atoms with Gasteiger partial charge in [-0.05, 0) is 17.7 Å². The lowest BCUT2D eigenvalue weighted by molar-refractivity contribution is 0.627. The third kappa shape index (κ3) is 2.38. The highest BCUT2D eigenvalue weighted by Crippen LogP contribution is 2.05. The predicted molar refractivity (Wildman–Crippen MR) is 48.3 cm³/mol. The van der Waals surface area contributed by atoms with Gasteiger partial charge in [-0.15, -0.1) is 0 Å². The van der Waals surface area contributed by atoms with Gasteiger partial charge in [0, 0.05) is 19.2 Å². The molecule has 0 heterocycles. The molecule has 1 aromatic carbocycles. The van der Waals surface area contributed by atoms with Crippen molar-refractivity contribution < 1.29 is 4.39 Å². The first-order valence-electron chi connectivity index (χ1n) is 3.82. The maximum absolute atomic E-state index is 12.5. The largest absolute Gasteiger partial charge is 0.392 e. The Morgan fingerprint density at radius 3 is 2.50 bits per heavy atom. The van der Waals surface area contributed by atoms with E-state index in [4.69, 9.17) is 0 Å². The van der Waals surface area contributed by atoms with E-state index in [0.717, 1.165) is 17.7 Å². The first kappa shape index (κ1) is 8.78. The summed E-state index contributed by atoms with van der Waals surface area (Å²) < 4.78 is 12.5. The molecule has 0 saturated carbocycles. The number of likely N-dealkylation sites (N-methyl/N-ethyl adjacent to an activating group) is 1. The van der Waals surface area contributed by atoms with Gasteiger partial charge in [-0.3, -0.25) is 0 Å². The molecule has 0 aromatic heterocycles. The number of hydrogen-bond acceptors (Lipinski definition) is 1. The molecule has 0 amide bonds. The van der Waals surface area contributed by atoms with Crippen LogP contribution >= 0.6 is 0 Å². The van der Waals surface area contributed by atoms with E-state index in [9.17, 15) is 4.39 Å². The van der Waals surface area contributed by atoms with E-state index in [2.05, 4.69) is 11.9 Å². The normalized spacial score (nSPS) is 9.50. The number of nitrogens with one attached hydrogen (secondary N) is 1. The van der Waals surface area contributed by atoms with Gasteiger partial charge in [0.25, 0.3) is 0 Å². The van der Waals surface area contributed by atoms with Gasteiger partial charge in [0.05, 0.1) is 0 Å². The van der Waals surface area contributed by atoms with Crippen molar-refractivity contribution in [2.45, 2.75) is 6.42 Å². The smallest absolute Gasteiger partial charge is 0.123 e. The number of halogens is 1. The predicted octanol–water partition coefficient (Wildman–Crippen LogP) is 2.10. The Hall–Kier alpha value is -1.31. The summed E-state index contributed by atoms with van der Waals surface area (Å²) in [6.07, 6.45) is 0.747. The summed E-state index contributed by atoms with van der Waals surface area (Å²) in [5.41, 5.74) is 2.00. The topological polar surface area (TPSA) is 12.0 Å². The van der Waals surface area contributed by atoms with E-state index in [1.165, 1.54) is 12.1 Å². The molecule has 0 aliphatic rings. The van der Waals surface area contributed by atoms with Gasteiger partial charge in [0.2, 0.25) is 0 Å². The van der Waals surface area contributed by atoms with Crippen molar-refractivity contribution in [3.8, 4) is 0 Å². The molecule has 12 heavy (non-hydrogen) atoms. The molecule has 1 N–H and O–H groups in total. The molecule has 0 fully saturated rings. The van der Waals surface area contributed by atoms with Crippen LogP contribution in [-0.4, -0.2) is 7.05 Å². The number of hydrogen-bond donors (Lipinski definition) is 1. The second-order valence-corrected chi connectivity index (χ2v) is 2.66. The van der Waals surface area contributed by atoms with Gasteiger partial charge in [-0.25, -0.2) is 4.39 Å². The van der Waals surface area contributed by atoms with E-state index in [1.807, 2.05) is 7.05 Å². The molecule has 0 spiro atoms. The number of rotatable bonds is 3. The molecule has 0 aliphatic carbocycles. The summed E-state index contributed by atoms with van der Waals surface area (Å²) in [5, 5.41) is 2.94. The Labute approximate surface area is 71.9 Å². The summed E-state index contributed by atoms with van der Waals surface area (Å²) in [4.78, 5) is 0. The second-order valence-electron chi connectivity index (χ2n) is 2.66. The quantitative estimate of drug-likeness (QED) is 0.723. The van der Waals surface area contributed by atoms with Gasteiger partial charge in [-0.1, -0.05) is 18.7 Å².